The van der Waals surface area contributed by atoms with Gasteiger partial charge in [-0.05, 0) is 88.5 Å². The van der Waals surface area contributed by atoms with Gasteiger partial charge in [0.15, 0.2) is 0 Å². The molecule has 8 bridgehead atoms. The van der Waals surface area contributed by atoms with E-state index in [1.54, 1.807) is 0 Å². The van der Waals surface area contributed by atoms with Gasteiger partial charge in [-0.15, -0.1) is 0 Å². The Hall–Kier alpha value is -2.70. The number of nitrogens with one attached hydrogen (secondary N) is 1. The van der Waals surface area contributed by atoms with Gasteiger partial charge in [0.2, 0.25) is 0 Å². The number of para-hydroxylation sites is 2. The Morgan fingerprint density at radius 1 is 0.674 bits per heavy atom. The molecule has 0 aromatic heterocycles. The summed E-state index contributed by atoms with van der Waals surface area (Å²) in [5, 5.41) is 4.38. The van der Waals surface area contributed by atoms with Gasteiger partial charge in [0, 0.05) is 64.4 Å². The van der Waals surface area contributed by atoms with Crippen molar-refractivity contribution < 1.29 is 9.59 Å². The first-order valence-corrected chi connectivity index (χ1v) is 18.3. The molecule has 4 saturated heterocycles. The summed E-state index contributed by atoms with van der Waals surface area (Å²) in [5.74, 6) is 2.35. The summed E-state index contributed by atoms with van der Waals surface area (Å²) in [4.78, 5) is 36.4. The summed E-state index contributed by atoms with van der Waals surface area (Å²) in [6, 6.07) is 17.9. The van der Waals surface area contributed by atoms with Crippen LogP contribution < -0.4 is 10.2 Å². The fourth-order valence-electron chi connectivity index (χ4n) is 15.9. The number of fused-ring (bicyclic) bond motifs is 8. The van der Waals surface area contributed by atoms with Crippen molar-refractivity contribution in [1.29, 1.82) is 0 Å². The standard InChI is InChI=1S/C40H46N4O2/c1-35(2)24-14-22-28-16-39(37(22,5)18-30(24)45)33(43(28)35)21-11-9-13-27(32(21)41-39)42-26-12-8-7-10-20(26)34-40(42)17-29-23-15-25(36(3,4)44(29)34)31(46)19-38(23,40)6/h7-13,22-25,28-29,33-34,41H,14-19H2,1-6H3. The van der Waals surface area contributed by atoms with Crippen molar-refractivity contribution >= 4 is 28.6 Å². The van der Waals surface area contributed by atoms with Crippen molar-refractivity contribution in [2.75, 3.05) is 10.2 Å². The summed E-state index contributed by atoms with van der Waals surface area (Å²) < 4.78 is 0. The van der Waals surface area contributed by atoms with E-state index in [-0.39, 0.29) is 56.9 Å². The minimum absolute atomic E-state index is 0.0434. The Morgan fingerprint density at radius 3 is 2.00 bits per heavy atom. The molecule has 0 radical (unpaired) electrons. The van der Waals surface area contributed by atoms with Crippen molar-refractivity contribution in [3.63, 3.8) is 0 Å². The molecule has 12 unspecified atom stereocenters. The largest absolute Gasteiger partial charge is 0.375 e. The Labute approximate surface area is 272 Å². The maximum absolute atomic E-state index is 14.1. The van der Waals surface area contributed by atoms with E-state index in [2.05, 4.69) is 104 Å². The van der Waals surface area contributed by atoms with E-state index in [1.807, 2.05) is 0 Å². The second-order valence-corrected chi connectivity index (χ2v) is 19.0. The highest BCUT2D eigenvalue weighted by molar-refractivity contribution is 5.92. The van der Waals surface area contributed by atoms with Gasteiger partial charge >= 0.3 is 0 Å². The predicted octanol–water partition coefficient (Wildman–Crippen LogP) is 6.79. The number of anilines is 3. The van der Waals surface area contributed by atoms with Gasteiger partial charge in [-0.1, -0.05) is 44.2 Å². The SMILES string of the molecule is CC1(C)C2CC3C4CC5(Nc6c(cccc6N6c7ccccc7C7N8C9CC76C6(C)CC(=O)C(CC96)C8(C)C)C5N41)C3(C)CC2=O. The van der Waals surface area contributed by atoms with Crippen molar-refractivity contribution in [2.45, 2.75) is 126 Å². The summed E-state index contributed by atoms with van der Waals surface area (Å²) in [6.07, 6.45) is 5.73. The zero-order valence-electron chi connectivity index (χ0n) is 28.1. The van der Waals surface area contributed by atoms with Gasteiger partial charge in [0.1, 0.15) is 11.6 Å². The zero-order valence-corrected chi connectivity index (χ0v) is 28.1. The Morgan fingerprint density at radius 2 is 1.26 bits per heavy atom. The molecule has 2 spiro atoms. The maximum Gasteiger partial charge on any atom is 0.138 e. The molecule has 0 amide bonds. The number of carbonyl (C=O) groups is 2. The number of hydrogen-bond acceptors (Lipinski definition) is 6. The minimum atomic E-state index is -0.178. The van der Waals surface area contributed by atoms with Crippen molar-refractivity contribution in [1.82, 2.24) is 9.80 Å². The van der Waals surface area contributed by atoms with Gasteiger partial charge in [-0.2, -0.15) is 0 Å². The number of hydrogen-bond donors (Lipinski definition) is 1. The average Bonchev–Trinajstić information content (AvgIpc) is 3.78. The Kier molecular flexibility index (Phi) is 4.02. The highest BCUT2D eigenvalue weighted by Gasteiger charge is 2.84. The number of nitrogens with zero attached hydrogens (tertiary/aromatic N) is 3. The van der Waals surface area contributed by atoms with E-state index >= 15 is 0 Å². The molecule has 12 atom stereocenters. The molecular formula is C40H46N4O2. The van der Waals surface area contributed by atoms with Gasteiger partial charge in [-0.25, -0.2) is 0 Å². The monoisotopic (exact) mass is 614 g/mol. The lowest BCUT2D eigenvalue weighted by molar-refractivity contribution is -0.176. The second kappa shape index (κ2) is 7.03. The quantitative estimate of drug-likeness (QED) is 0.382. The van der Waals surface area contributed by atoms with Crippen LogP contribution in [0, 0.1) is 34.5 Å². The molecule has 2 aromatic rings. The predicted molar refractivity (Wildman–Crippen MR) is 177 cm³/mol. The van der Waals surface area contributed by atoms with Crippen LogP contribution in [0.1, 0.15) is 103 Å². The molecule has 6 heterocycles. The first kappa shape index (κ1) is 26.3. The fraction of sp³-hybridized carbons (Fsp3) is 0.650. The summed E-state index contributed by atoms with van der Waals surface area (Å²) in [6.45, 7) is 14.4. The third kappa shape index (κ3) is 2.18. The molecule has 10 aliphatic rings. The van der Waals surface area contributed by atoms with Gasteiger partial charge < -0.3 is 10.2 Å². The van der Waals surface area contributed by atoms with E-state index in [0.717, 1.165) is 25.7 Å². The van der Waals surface area contributed by atoms with E-state index < -0.39 is 0 Å². The van der Waals surface area contributed by atoms with Gasteiger partial charge in [-0.3, -0.25) is 19.4 Å². The molecule has 2 aromatic carbocycles. The van der Waals surface area contributed by atoms with E-state index in [0.29, 0.717) is 48.3 Å². The van der Waals surface area contributed by atoms with Gasteiger partial charge in [0.25, 0.3) is 0 Å². The van der Waals surface area contributed by atoms with Crippen LogP contribution in [-0.2, 0) is 9.59 Å². The van der Waals surface area contributed by atoms with E-state index in [4.69, 9.17) is 0 Å². The normalized spacial score (nSPS) is 51.5. The first-order valence-electron chi connectivity index (χ1n) is 18.3. The van der Waals surface area contributed by atoms with Crippen LogP contribution in [0.15, 0.2) is 42.5 Å². The Bertz CT molecular complexity index is 1880. The molecule has 8 fully saturated rings. The minimum Gasteiger partial charge on any atom is -0.375 e. The molecule has 238 valence electrons. The van der Waals surface area contributed by atoms with Crippen LogP contribution in [0.4, 0.5) is 17.1 Å². The molecule has 4 saturated carbocycles. The molecule has 1 N–H and O–H groups in total. The number of benzene rings is 2. The first-order chi connectivity index (χ1) is 21.8. The average molecular weight is 615 g/mol. The van der Waals surface area contributed by atoms with Crippen LogP contribution in [0.25, 0.3) is 0 Å². The molecule has 6 nitrogen and oxygen atoms in total. The van der Waals surface area contributed by atoms with E-state index in [9.17, 15) is 9.59 Å². The third-order valence-electron chi connectivity index (χ3n) is 17.5. The number of ketones is 2. The summed E-state index contributed by atoms with van der Waals surface area (Å²) in [5.41, 5.74) is 6.07. The third-order valence-corrected chi connectivity index (χ3v) is 17.5. The molecular weight excluding hydrogens is 568 g/mol. The summed E-state index contributed by atoms with van der Waals surface area (Å²) in [7, 11) is 0. The smallest absolute Gasteiger partial charge is 0.138 e. The molecule has 6 heteroatoms. The van der Waals surface area contributed by atoms with Crippen molar-refractivity contribution in [3.05, 3.63) is 53.6 Å². The summed E-state index contributed by atoms with van der Waals surface area (Å²) >= 11 is 0. The number of rotatable bonds is 1. The zero-order chi connectivity index (χ0) is 31.3. The van der Waals surface area contributed by atoms with Crippen LogP contribution in [-0.4, -0.2) is 55.6 Å². The number of Topliss-reactive ketones (excluding diaryl/α,β-unsaturated/α-hetero) is 2. The van der Waals surface area contributed by atoms with Crippen LogP contribution in [0.5, 0.6) is 0 Å². The lowest BCUT2D eigenvalue weighted by Gasteiger charge is -2.67. The maximum atomic E-state index is 14.1. The second-order valence-electron chi connectivity index (χ2n) is 19.0. The van der Waals surface area contributed by atoms with Crippen LogP contribution >= 0.6 is 0 Å². The molecule has 46 heavy (non-hydrogen) atoms. The molecule has 12 rings (SSSR count). The Balaban J connectivity index is 1.11. The highest BCUT2D eigenvalue weighted by Crippen LogP contribution is 2.81. The van der Waals surface area contributed by atoms with Crippen LogP contribution in [0.3, 0.4) is 0 Å². The number of carbonyl (C=O) groups excluding carboxylic acids is 2. The topological polar surface area (TPSA) is 55.9 Å². The van der Waals surface area contributed by atoms with Crippen molar-refractivity contribution in [2.24, 2.45) is 34.5 Å². The fourth-order valence-corrected chi connectivity index (χ4v) is 15.9. The molecule has 6 aliphatic heterocycles. The van der Waals surface area contributed by atoms with E-state index in [1.165, 1.54) is 28.2 Å². The number of piperidine rings is 4. The highest BCUT2D eigenvalue weighted by atomic mass is 16.1. The van der Waals surface area contributed by atoms with Crippen molar-refractivity contribution in [3.8, 4) is 0 Å². The molecule has 4 aliphatic carbocycles. The van der Waals surface area contributed by atoms with Gasteiger partial charge in [0.05, 0.1) is 34.5 Å². The van der Waals surface area contributed by atoms with Crippen LogP contribution in [0.2, 0.25) is 0 Å². The lowest BCUT2D eigenvalue weighted by atomic mass is 9.50. The lowest BCUT2D eigenvalue weighted by Crippen LogP contribution is -2.73.